The van der Waals surface area contributed by atoms with Crippen molar-refractivity contribution in [3.8, 4) is 11.6 Å². The highest BCUT2D eigenvalue weighted by Crippen LogP contribution is 2.24. The van der Waals surface area contributed by atoms with E-state index in [9.17, 15) is 4.79 Å². The molecular formula is C18H17ClN4O2. The molecule has 128 valence electrons. The van der Waals surface area contributed by atoms with Gasteiger partial charge in [0.25, 0.3) is 11.8 Å². The largest absolute Gasteiger partial charge is 0.462 e. The molecule has 3 rings (SSSR count). The summed E-state index contributed by atoms with van der Waals surface area (Å²) in [7, 11) is 0. The van der Waals surface area contributed by atoms with E-state index < -0.39 is 6.10 Å². The molecule has 2 heterocycles. The van der Waals surface area contributed by atoms with E-state index in [4.69, 9.17) is 16.3 Å². The van der Waals surface area contributed by atoms with Gasteiger partial charge in [-0.3, -0.25) is 9.78 Å². The number of halogens is 1. The molecule has 1 aromatic carbocycles. The lowest BCUT2D eigenvalue weighted by atomic mass is 10.3. The van der Waals surface area contributed by atoms with Crippen LogP contribution in [0.4, 0.5) is 0 Å². The Morgan fingerprint density at radius 2 is 2.08 bits per heavy atom. The van der Waals surface area contributed by atoms with Gasteiger partial charge in [0.1, 0.15) is 5.02 Å². The molecule has 0 aliphatic heterocycles. The summed E-state index contributed by atoms with van der Waals surface area (Å²) in [6.45, 7) is 2.03. The second-order valence-corrected chi connectivity index (χ2v) is 5.81. The van der Waals surface area contributed by atoms with Crippen LogP contribution in [0.15, 0.2) is 61.1 Å². The van der Waals surface area contributed by atoms with E-state index in [2.05, 4.69) is 15.4 Å². The van der Waals surface area contributed by atoms with Crippen molar-refractivity contribution in [2.24, 2.45) is 0 Å². The van der Waals surface area contributed by atoms with E-state index in [-0.39, 0.29) is 11.8 Å². The van der Waals surface area contributed by atoms with Crippen molar-refractivity contribution >= 4 is 17.5 Å². The maximum Gasteiger partial charge on any atom is 0.261 e. The fourth-order valence-electron chi connectivity index (χ4n) is 2.19. The monoisotopic (exact) mass is 356 g/mol. The molecular weight excluding hydrogens is 340 g/mol. The van der Waals surface area contributed by atoms with Crippen LogP contribution in [-0.4, -0.2) is 26.8 Å². The van der Waals surface area contributed by atoms with Gasteiger partial charge in [-0.05, 0) is 30.7 Å². The van der Waals surface area contributed by atoms with Crippen LogP contribution >= 0.6 is 11.6 Å². The van der Waals surface area contributed by atoms with Crippen LogP contribution in [0.3, 0.4) is 0 Å². The summed E-state index contributed by atoms with van der Waals surface area (Å²) in [4.78, 5) is 16.2. The van der Waals surface area contributed by atoms with Gasteiger partial charge in [-0.1, -0.05) is 35.9 Å². The second kappa shape index (κ2) is 7.81. The van der Waals surface area contributed by atoms with Crippen LogP contribution in [0.2, 0.25) is 5.02 Å². The van der Waals surface area contributed by atoms with Crippen LogP contribution < -0.4 is 10.1 Å². The zero-order valence-electron chi connectivity index (χ0n) is 13.6. The van der Waals surface area contributed by atoms with Gasteiger partial charge in [0.15, 0.2) is 6.10 Å². The molecule has 1 amide bonds. The first-order valence-corrected chi connectivity index (χ1v) is 8.15. The average molecular weight is 357 g/mol. The van der Waals surface area contributed by atoms with Gasteiger partial charge in [0, 0.05) is 18.9 Å². The van der Waals surface area contributed by atoms with Gasteiger partial charge in [-0.15, -0.1) is 5.10 Å². The maximum absolute atomic E-state index is 12.2. The summed E-state index contributed by atoms with van der Waals surface area (Å²) in [5, 5.41) is 7.43. The van der Waals surface area contributed by atoms with Crippen LogP contribution in [0.5, 0.6) is 5.88 Å². The Morgan fingerprint density at radius 3 is 2.80 bits per heavy atom. The zero-order valence-corrected chi connectivity index (χ0v) is 14.3. The number of benzene rings is 1. The molecule has 0 radical (unpaired) electrons. The first-order chi connectivity index (χ1) is 12.1. The van der Waals surface area contributed by atoms with E-state index in [0.717, 1.165) is 11.3 Å². The fourth-order valence-corrected chi connectivity index (χ4v) is 2.36. The van der Waals surface area contributed by atoms with E-state index in [1.54, 1.807) is 30.2 Å². The van der Waals surface area contributed by atoms with Gasteiger partial charge in [0.2, 0.25) is 0 Å². The number of hydrogen-bond acceptors (Lipinski definition) is 4. The Kier molecular flexibility index (Phi) is 5.30. The number of nitrogens with zero attached hydrogens (tertiary/aromatic N) is 3. The molecule has 0 aliphatic carbocycles. The van der Waals surface area contributed by atoms with Crippen LogP contribution in [0.1, 0.15) is 12.5 Å². The molecule has 0 aliphatic rings. The Balaban J connectivity index is 1.61. The number of nitrogens with one attached hydrogen (secondary N) is 1. The minimum absolute atomic E-state index is 0.217. The molecule has 0 spiro atoms. The minimum atomic E-state index is -0.728. The highest BCUT2D eigenvalue weighted by atomic mass is 35.5. The third-order valence-corrected chi connectivity index (χ3v) is 3.77. The lowest BCUT2D eigenvalue weighted by Gasteiger charge is -2.13. The predicted octanol–water partition coefficient (Wildman–Crippen LogP) is 3.00. The number of carbonyl (C=O) groups excluding carboxylic acids is 1. The van der Waals surface area contributed by atoms with E-state index in [1.165, 1.54) is 0 Å². The summed E-state index contributed by atoms with van der Waals surface area (Å²) in [6, 6.07) is 13.2. The number of ether oxygens (including phenoxy) is 1. The third kappa shape index (κ3) is 4.36. The third-order valence-electron chi connectivity index (χ3n) is 3.51. The number of para-hydroxylation sites is 1. The van der Waals surface area contributed by atoms with Crippen molar-refractivity contribution in [3.05, 3.63) is 71.6 Å². The molecule has 0 fully saturated rings. The Morgan fingerprint density at radius 1 is 1.28 bits per heavy atom. The van der Waals surface area contributed by atoms with Gasteiger partial charge in [0.05, 0.1) is 11.9 Å². The summed E-state index contributed by atoms with van der Waals surface area (Å²) >= 11 is 6.17. The molecule has 0 bridgehead atoms. The normalized spacial score (nSPS) is 11.8. The lowest BCUT2D eigenvalue weighted by molar-refractivity contribution is -0.127. The Bertz CT molecular complexity index is 837. The lowest BCUT2D eigenvalue weighted by Crippen LogP contribution is -2.36. The number of hydrogen-bond donors (Lipinski definition) is 1. The predicted molar refractivity (Wildman–Crippen MR) is 94.7 cm³/mol. The second-order valence-electron chi connectivity index (χ2n) is 5.40. The molecule has 0 saturated carbocycles. The number of pyridine rings is 1. The summed E-state index contributed by atoms with van der Waals surface area (Å²) in [6.07, 6.45) is 4.30. The molecule has 0 unspecified atom stereocenters. The number of carbonyl (C=O) groups is 1. The Hall–Kier alpha value is -2.86. The van der Waals surface area contributed by atoms with Crippen molar-refractivity contribution < 1.29 is 9.53 Å². The molecule has 0 saturated heterocycles. The van der Waals surface area contributed by atoms with Gasteiger partial charge >= 0.3 is 0 Å². The first-order valence-electron chi connectivity index (χ1n) is 7.77. The summed E-state index contributed by atoms with van der Waals surface area (Å²) in [5.41, 5.74) is 1.77. The smallest absolute Gasteiger partial charge is 0.261 e. The molecule has 2 aromatic heterocycles. The van der Waals surface area contributed by atoms with Gasteiger partial charge in [-0.25, -0.2) is 4.68 Å². The van der Waals surface area contributed by atoms with Crippen molar-refractivity contribution in [1.82, 2.24) is 20.1 Å². The zero-order chi connectivity index (χ0) is 17.6. The van der Waals surface area contributed by atoms with Crippen LogP contribution in [0.25, 0.3) is 5.69 Å². The van der Waals surface area contributed by atoms with E-state index in [1.807, 2.05) is 42.5 Å². The van der Waals surface area contributed by atoms with E-state index in [0.29, 0.717) is 11.6 Å². The van der Waals surface area contributed by atoms with Gasteiger partial charge < -0.3 is 10.1 Å². The van der Waals surface area contributed by atoms with Crippen LogP contribution in [0, 0.1) is 0 Å². The molecule has 6 nitrogen and oxygen atoms in total. The summed E-state index contributed by atoms with van der Waals surface area (Å²) in [5.74, 6) is -0.0382. The first kappa shape index (κ1) is 17.0. The van der Waals surface area contributed by atoms with Crippen LogP contribution in [-0.2, 0) is 11.3 Å². The highest BCUT2D eigenvalue weighted by molar-refractivity contribution is 6.31. The summed E-state index contributed by atoms with van der Waals surface area (Å²) < 4.78 is 7.21. The fraction of sp³-hybridized carbons (Fsp3) is 0.167. The Labute approximate surface area is 150 Å². The maximum atomic E-state index is 12.2. The molecule has 7 heteroatoms. The highest BCUT2D eigenvalue weighted by Gasteiger charge is 2.18. The number of rotatable bonds is 6. The number of amides is 1. The molecule has 3 aromatic rings. The topological polar surface area (TPSA) is 69.0 Å². The molecule has 1 N–H and O–H groups in total. The van der Waals surface area contributed by atoms with Crippen molar-refractivity contribution in [3.63, 3.8) is 0 Å². The molecule has 1 atom stereocenters. The standard InChI is InChI=1S/C18H17ClN4O2/c1-13(17(24)21-11-14-6-5-9-20-10-14)25-18-16(19)12-23(22-18)15-7-3-2-4-8-15/h2-10,12-13H,11H2,1H3,(H,21,24)/t13-/m0/s1. The van der Waals surface area contributed by atoms with E-state index >= 15 is 0 Å². The van der Waals surface area contributed by atoms with Crippen molar-refractivity contribution in [2.75, 3.05) is 0 Å². The SMILES string of the molecule is C[C@H](Oc1nn(-c2ccccc2)cc1Cl)C(=O)NCc1cccnc1. The minimum Gasteiger partial charge on any atom is -0.462 e. The van der Waals surface area contributed by atoms with Gasteiger partial charge in [-0.2, -0.15) is 0 Å². The van der Waals surface area contributed by atoms with Crippen molar-refractivity contribution in [1.29, 1.82) is 0 Å². The number of aromatic nitrogens is 3. The van der Waals surface area contributed by atoms with Crippen molar-refractivity contribution in [2.45, 2.75) is 19.6 Å². The molecule has 25 heavy (non-hydrogen) atoms. The average Bonchev–Trinajstić information content (AvgIpc) is 3.02. The quantitative estimate of drug-likeness (QED) is 0.737.